The number of hydrogen-bond acceptors (Lipinski definition) is 4. The largest absolute Gasteiger partial charge is 0.481 e. The van der Waals surface area contributed by atoms with E-state index in [1.54, 1.807) is 6.92 Å². The molecule has 1 aromatic rings. The molecular weight excluding hydrogens is 236 g/mol. The third kappa shape index (κ3) is 4.99. The van der Waals surface area contributed by atoms with Crippen LogP contribution in [0, 0.1) is 6.92 Å². The molecule has 1 heterocycles. The summed E-state index contributed by atoms with van der Waals surface area (Å²) >= 11 is 0. The number of carboxylic acid groups (broad SMARTS) is 1. The lowest BCUT2D eigenvalue weighted by molar-refractivity contribution is -0.137. The molecule has 6 heteroatoms. The molecule has 0 aliphatic carbocycles. The van der Waals surface area contributed by atoms with Gasteiger partial charge in [-0.1, -0.05) is 12.8 Å². The van der Waals surface area contributed by atoms with E-state index < -0.39 is 5.97 Å². The van der Waals surface area contributed by atoms with Crippen molar-refractivity contribution in [2.24, 2.45) is 0 Å². The summed E-state index contributed by atoms with van der Waals surface area (Å²) in [5.74, 6) is -0.763. The SMILES string of the molecule is Cc1ncoc1C(=O)NCCCCCCC(=O)O. The predicted molar refractivity (Wildman–Crippen MR) is 64.3 cm³/mol. The van der Waals surface area contributed by atoms with Crippen LogP contribution in [0.2, 0.25) is 0 Å². The first-order valence-electron chi connectivity index (χ1n) is 6.01. The second kappa shape index (κ2) is 7.47. The Hall–Kier alpha value is -1.85. The van der Waals surface area contributed by atoms with Crippen molar-refractivity contribution in [3.8, 4) is 0 Å². The van der Waals surface area contributed by atoms with Gasteiger partial charge in [0.05, 0.1) is 5.69 Å². The molecule has 0 aromatic carbocycles. The molecule has 0 unspecified atom stereocenters. The number of nitrogens with one attached hydrogen (secondary N) is 1. The first-order chi connectivity index (χ1) is 8.61. The van der Waals surface area contributed by atoms with E-state index in [1.165, 1.54) is 6.39 Å². The van der Waals surface area contributed by atoms with Gasteiger partial charge < -0.3 is 14.8 Å². The summed E-state index contributed by atoms with van der Waals surface area (Å²) in [5, 5.41) is 11.2. The smallest absolute Gasteiger partial charge is 0.303 e. The summed E-state index contributed by atoms with van der Waals surface area (Å²) in [7, 11) is 0. The number of carbonyl (C=O) groups excluding carboxylic acids is 1. The summed E-state index contributed by atoms with van der Waals surface area (Å²) in [6.45, 7) is 2.27. The number of hydrogen-bond donors (Lipinski definition) is 2. The average Bonchev–Trinajstić information content (AvgIpc) is 2.73. The highest BCUT2D eigenvalue weighted by molar-refractivity contribution is 5.92. The van der Waals surface area contributed by atoms with Crippen molar-refractivity contribution in [3.05, 3.63) is 17.8 Å². The normalized spacial score (nSPS) is 10.3. The van der Waals surface area contributed by atoms with Crippen LogP contribution in [0.1, 0.15) is 48.4 Å². The van der Waals surface area contributed by atoms with Crippen molar-refractivity contribution >= 4 is 11.9 Å². The Balaban J connectivity index is 2.06. The van der Waals surface area contributed by atoms with Crippen LogP contribution in [-0.2, 0) is 4.79 Å². The molecule has 100 valence electrons. The fourth-order valence-corrected chi connectivity index (χ4v) is 1.56. The standard InChI is InChI=1S/C12H18N2O4/c1-9-11(18-8-14-9)12(17)13-7-5-3-2-4-6-10(15)16/h8H,2-7H2,1H3,(H,13,17)(H,15,16). The van der Waals surface area contributed by atoms with Gasteiger partial charge in [-0.05, 0) is 19.8 Å². The number of aliphatic carboxylic acids is 1. The molecule has 0 atom stereocenters. The van der Waals surface area contributed by atoms with E-state index in [0.29, 0.717) is 18.7 Å². The number of carboxylic acids is 1. The maximum absolute atomic E-state index is 11.6. The zero-order chi connectivity index (χ0) is 13.4. The number of aromatic nitrogens is 1. The number of oxazole rings is 1. The Labute approximate surface area is 105 Å². The van der Waals surface area contributed by atoms with Gasteiger partial charge in [-0.25, -0.2) is 4.98 Å². The summed E-state index contributed by atoms with van der Waals surface area (Å²) in [5.41, 5.74) is 0.578. The highest BCUT2D eigenvalue weighted by Crippen LogP contribution is 2.05. The van der Waals surface area contributed by atoms with Gasteiger partial charge in [-0.2, -0.15) is 0 Å². The lowest BCUT2D eigenvalue weighted by atomic mass is 10.1. The highest BCUT2D eigenvalue weighted by Gasteiger charge is 2.12. The van der Waals surface area contributed by atoms with Crippen LogP contribution >= 0.6 is 0 Å². The third-order valence-electron chi connectivity index (χ3n) is 2.55. The first-order valence-corrected chi connectivity index (χ1v) is 6.01. The monoisotopic (exact) mass is 254 g/mol. The molecule has 6 nitrogen and oxygen atoms in total. The van der Waals surface area contributed by atoms with Crippen molar-refractivity contribution < 1.29 is 19.1 Å². The van der Waals surface area contributed by atoms with Gasteiger partial charge in [-0.15, -0.1) is 0 Å². The molecule has 0 radical (unpaired) electrons. The zero-order valence-corrected chi connectivity index (χ0v) is 10.4. The first kappa shape index (κ1) is 14.2. The Bertz CT molecular complexity index is 401. The average molecular weight is 254 g/mol. The minimum absolute atomic E-state index is 0.212. The van der Waals surface area contributed by atoms with Crippen LogP contribution in [0.15, 0.2) is 10.8 Å². The fraction of sp³-hybridized carbons (Fsp3) is 0.583. The molecule has 0 spiro atoms. The van der Waals surface area contributed by atoms with Crippen molar-refractivity contribution in [2.45, 2.75) is 39.0 Å². The lowest BCUT2D eigenvalue weighted by Crippen LogP contribution is -2.24. The Morgan fingerprint density at radius 3 is 2.67 bits per heavy atom. The van der Waals surface area contributed by atoms with Gasteiger partial charge in [0.15, 0.2) is 6.39 Å². The molecule has 0 bridgehead atoms. The molecule has 0 saturated heterocycles. The van der Waals surface area contributed by atoms with E-state index in [9.17, 15) is 9.59 Å². The summed E-state index contributed by atoms with van der Waals surface area (Å²) in [4.78, 5) is 25.7. The molecule has 18 heavy (non-hydrogen) atoms. The lowest BCUT2D eigenvalue weighted by Gasteiger charge is -2.03. The van der Waals surface area contributed by atoms with Crippen LogP contribution in [0.3, 0.4) is 0 Å². The molecule has 0 aliphatic rings. The Morgan fingerprint density at radius 1 is 1.33 bits per heavy atom. The van der Waals surface area contributed by atoms with Crippen LogP contribution < -0.4 is 5.32 Å². The number of rotatable bonds is 8. The molecule has 0 fully saturated rings. The summed E-state index contributed by atoms with van der Waals surface area (Å²) < 4.78 is 4.96. The van der Waals surface area contributed by atoms with Crippen LogP contribution in [0.4, 0.5) is 0 Å². The molecule has 1 amide bonds. The Kier molecular flexibility index (Phi) is 5.90. The number of carbonyl (C=O) groups is 2. The second-order valence-electron chi connectivity index (χ2n) is 4.08. The van der Waals surface area contributed by atoms with E-state index in [2.05, 4.69) is 10.3 Å². The minimum Gasteiger partial charge on any atom is -0.481 e. The van der Waals surface area contributed by atoms with Gasteiger partial charge in [0.25, 0.3) is 5.91 Å². The molecule has 1 rings (SSSR count). The number of nitrogens with zero attached hydrogens (tertiary/aromatic N) is 1. The second-order valence-corrected chi connectivity index (χ2v) is 4.08. The van der Waals surface area contributed by atoms with Crippen molar-refractivity contribution in [2.75, 3.05) is 6.54 Å². The highest BCUT2D eigenvalue weighted by atomic mass is 16.4. The third-order valence-corrected chi connectivity index (χ3v) is 2.55. The van der Waals surface area contributed by atoms with Crippen LogP contribution in [-0.4, -0.2) is 28.5 Å². The molecule has 1 aromatic heterocycles. The Morgan fingerprint density at radius 2 is 2.06 bits per heavy atom. The molecule has 0 aliphatic heterocycles. The van der Waals surface area contributed by atoms with Crippen molar-refractivity contribution in [3.63, 3.8) is 0 Å². The number of aryl methyl sites for hydroxylation is 1. The molecular formula is C12H18N2O4. The van der Waals surface area contributed by atoms with E-state index in [1.807, 2.05) is 0 Å². The van der Waals surface area contributed by atoms with Gasteiger partial charge in [0.2, 0.25) is 5.76 Å². The molecule has 0 saturated carbocycles. The van der Waals surface area contributed by atoms with Crippen molar-refractivity contribution in [1.29, 1.82) is 0 Å². The topological polar surface area (TPSA) is 92.4 Å². The zero-order valence-electron chi connectivity index (χ0n) is 10.4. The van der Waals surface area contributed by atoms with E-state index in [-0.39, 0.29) is 18.1 Å². The maximum atomic E-state index is 11.6. The summed E-state index contributed by atoms with van der Waals surface area (Å²) in [6.07, 6.45) is 4.75. The minimum atomic E-state index is -0.760. The van der Waals surface area contributed by atoms with Gasteiger partial charge >= 0.3 is 5.97 Å². The van der Waals surface area contributed by atoms with Gasteiger partial charge in [0, 0.05) is 13.0 Å². The van der Waals surface area contributed by atoms with E-state index >= 15 is 0 Å². The van der Waals surface area contributed by atoms with Gasteiger partial charge in [-0.3, -0.25) is 9.59 Å². The van der Waals surface area contributed by atoms with Gasteiger partial charge in [0.1, 0.15) is 0 Å². The van der Waals surface area contributed by atoms with Crippen LogP contribution in [0.25, 0.3) is 0 Å². The number of amides is 1. The van der Waals surface area contributed by atoms with E-state index in [4.69, 9.17) is 9.52 Å². The molecule has 2 N–H and O–H groups in total. The number of unbranched alkanes of at least 4 members (excludes halogenated alkanes) is 3. The quantitative estimate of drug-likeness (QED) is 0.689. The van der Waals surface area contributed by atoms with E-state index in [0.717, 1.165) is 19.3 Å². The van der Waals surface area contributed by atoms with Crippen LogP contribution in [0.5, 0.6) is 0 Å². The fourth-order valence-electron chi connectivity index (χ4n) is 1.56. The predicted octanol–water partition coefficient (Wildman–Crippen LogP) is 1.75. The maximum Gasteiger partial charge on any atom is 0.303 e. The summed E-state index contributed by atoms with van der Waals surface area (Å²) in [6, 6.07) is 0. The van der Waals surface area contributed by atoms with Crippen molar-refractivity contribution in [1.82, 2.24) is 10.3 Å².